The Morgan fingerprint density at radius 2 is 2.19 bits per heavy atom. The third-order valence-electron chi connectivity index (χ3n) is 4.12. The topological polar surface area (TPSA) is 117 Å². The van der Waals surface area contributed by atoms with Gasteiger partial charge in [-0.2, -0.15) is 4.98 Å². The molecular weight excluding hydrogens is 276 g/mol. The summed E-state index contributed by atoms with van der Waals surface area (Å²) in [5, 5.41) is 18.6. The first-order chi connectivity index (χ1) is 10.1. The van der Waals surface area contributed by atoms with Crippen molar-refractivity contribution in [1.82, 2.24) is 20.8 Å². The first-order valence-corrected chi connectivity index (χ1v) is 7.24. The minimum atomic E-state index is -0.805. The molecule has 1 aromatic rings. The number of amides is 1. The molecule has 1 saturated carbocycles. The van der Waals surface area contributed by atoms with Crippen molar-refractivity contribution in [3.8, 4) is 0 Å². The van der Waals surface area contributed by atoms with Crippen molar-refractivity contribution in [2.75, 3.05) is 6.54 Å². The summed E-state index contributed by atoms with van der Waals surface area (Å²) in [5.74, 6) is -1.14. The fraction of sp³-hybridized carbons (Fsp3) is 0.692. The molecule has 1 aliphatic carbocycles. The lowest BCUT2D eigenvalue weighted by Gasteiger charge is -2.10. The summed E-state index contributed by atoms with van der Waals surface area (Å²) in [5.41, 5.74) is 0. The van der Waals surface area contributed by atoms with E-state index in [1.54, 1.807) is 0 Å². The van der Waals surface area contributed by atoms with Crippen molar-refractivity contribution in [1.29, 1.82) is 0 Å². The average molecular weight is 294 g/mol. The Hall–Kier alpha value is -1.96. The third-order valence-corrected chi connectivity index (χ3v) is 4.12. The molecule has 114 valence electrons. The molecule has 0 spiro atoms. The van der Waals surface area contributed by atoms with Crippen LogP contribution in [-0.2, 0) is 4.79 Å². The number of nitrogens with one attached hydrogen (secondary N) is 2. The molecule has 2 fully saturated rings. The minimum absolute atomic E-state index is 0.0116. The zero-order valence-electron chi connectivity index (χ0n) is 11.5. The number of carboxylic acid groups (broad SMARTS) is 1. The monoisotopic (exact) mass is 294 g/mol. The van der Waals surface area contributed by atoms with Gasteiger partial charge in [0.25, 0.3) is 11.7 Å². The molecule has 1 amide bonds. The molecule has 3 rings (SSSR count). The van der Waals surface area contributed by atoms with Crippen molar-refractivity contribution in [2.24, 2.45) is 5.92 Å². The Bertz CT molecular complexity index is 538. The average Bonchev–Trinajstić information content (AvgIpc) is 3.19. The number of nitrogens with zero attached hydrogens (tertiary/aromatic N) is 2. The predicted octanol–water partition coefficient (Wildman–Crippen LogP) is 0.477. The second kappa shape index (κ2) is 5.80. The van der Waals surface area contributed by atoms with Gasteiger partial charge in [0.15, 0.2) is 0 Å². The summed E-state index contributed by atoms with van der Waals surface area (Å²) < 4.78 is 5.11. The number of carbonyl (C=O) groups is 2. The van der Waals surface area contributed by atoms with E-state index in [2.05, 4.69) is 20.8 Å². The van der Waals surface area contributed by atoms with E-state index in [-0.39, 0.29) is 23.8 Å². The van der Waals surface area contributed by atoms with Gasteiger partial charge in [-0.15, -0.1) is 0 Å². The van der Waals surface area contributed by atoms with E-state index >= 15 is 0 Å². The number of aliphatic carboxylic acids is 1. The Morgan fingerprint density at radius 3 is 2.86 bits per heavy atom. The molecule has 3 atom stereocenters. The lowest BCUT2D eigenvalue weighted by Crippen LogP contribution is -2.34. The summed E-state index contributed by atoms with van der Waals surface area (Å²) in [7, 11) is 0. The highest BCUT2D eigenvalue weighted by Gasteiger charge is 2.32. The standard InChI is InChI=1S/C13H18N4O4/c18-11(15-8-4-3-7(6-8)13(19)20)10-16-12(21-17-10)9-2-1-5-14-9/h7-9,14H,1-6H2,(H,15,18)(H,19,20)/t7-,8+,9?/m1/s1. The van der Waals surface area contributed by atoms with Crippen molar-refractivity contribution >= 4 is 11.9 Å². The van der Waals surface area contributed by atoms with Crippen LogP contribution in [0.4, 0.5) is 0 Å². The number of hydrogen-bond acceptors (Lipinski definition) is 6. The smallest absolute Gasteiger partial charge is 0.306 e. The maximum absolute atomic E-state index is 12.0. The number of hydrogen-bond donors (Lipinski definition) is 3. The van der Waals surface area contributed by atoms with Crippen LogP contribution in [-0.4, -0.2) is 39.7 Å². The zero-order valence-corrected chi connectivity index (χ0v) is 11.5. The molecule has 1 unspecified atom stereocenters. The number of rotatable bonds is 4. The van der Waals surface area contributed by atoms with E-state index in [1.807, 2.05) is 0 Å². The SMILES string of the molecule is O=C(N[C@H]1CC[C@@H](C(=O)O)C1)c1noc(C2CCCN2)n1. The van der Waals surface area contributed by atoms with Gasteiger partial charge in [-0.1, -0.05) is 5.16 Å². The molecule has 2 aliphatic rings. The summed E-state index contributed by atoms with van der Waals surface area (Å²) >= 11 is 0. The van der Waals surface area contributed by atoms with Gasteiger partial charge in [0.1, 0.15) is 0 Å². The second-order valence-corrected chi connectivity index (χ2v) is 5.62. The van der Waals surface area contributed by atoms with Gasteiger partial charge in [0, 0.05) is 6.04 Å². The molecule has 1 aliphatic heterocycles. The maximum atomic E-state index is 12.0. The molecule has 0 radical (unpaired) electrons. The fourth-order valence-electron chi connectivity index (χ4n) is 2.95. The van der Waals surface area contributed by atoms with Crippen LogP contribution in [0, 0.1) is 5.92 Å². The quantitative estimate of drug-likeness (QED) is 0.739. The van der Waals surface area contributed by atoms with Crippen molar-refractivity contribution in [2.45, 2.75) is 44.2 Å². The fourth-order valence-corrected chi connectivity index (χ4v) is 2.95. The van der Waals surface area contributed by atoms with Crippen LogP contribution in [0.15, 0.2) is 4.52 Å². The van der Waals surface area contributed by atoms with Gasteiger partial charge in [-0.25, -0.2) is 0 Å². The highest BCUT2D eigenvalue weighted by molar-refractivity contribution is 5.90. The van der Waals surface area contributed by atoms with E-state index in [0.29, 0.717) is 25.2 Å². The second-order valence-electron chi connectivity index (χ2n) is 5.62. The largest absolute Gasteiger partial charge is 0.481 e. The molecule has 8 nitrogen and oxygen atoms in total. The molecule has 1 saturated heterocycles. The van der Waals surface area contributed by atoms with Gasteiger partial charge in [0.05, 0.1) is 12.0 Å². The first-order valence-electron chi connectivity index (χ1n) is 7.24. The van der Waals surface area contributed by atoms with Gasteiger partial charge in [-0.3, -0.25) is 9.59 Å². The molecule has 8 heteroatoms. The molecule has 0 bridgehead atoms. The van der Waals surface area contributed by atoms with Crippen LogP contribution in [0.25, 0.3) is 0 Å². The molecule has 21 heavy (non-hydrogen) atoms. The lowest BCUT2D eigenvalue weighted by molar-refractivity contribution is -0.141. The van der Waals surface area contributed by atoms with Crippen LogP contribution in [0.1, 0.15) is 54.7 Å². The van der Waals surface area contributed by atoms with Gasteiger partial charge >= 0.3 is 5.97 Å². The van der Waals surface area contributed by atoms with Crippen LogP contribution in [0.5, 0.6) is 0 Å². The molecular formula is C13H18N4O4. The Morgan fingerprint density at radius 1 is 1.33 bits per heavy atom. The number of carboxylic acids is 1. The number of aromatic nitrogens is 2. The van der Waals surface area contributed by atoms with Gasteiger partial charge in [0.2, 0.25) is 5.89 Å². The highest BCUT2D eigenvalue weighted by Crippen LogP contribution is 2.26. The first kappa shape index (κ1) is 14.0. The van der Waals surface area contributed by atoms with Crippen LogP contribution in [0.2, 0.25) is 0 Å². The van der Waals surface area contributed by atoms with E-state index in [1.165, 1.54) is 0 Å². The lowest BCUT2D eigenvalue weighted by atomic mass is 10.1. The van der Waals surface area contributed by atoms with E-state index < -0.39 is 11.9 Å². The number of carbonyl (C=O) groups excluding carboxylic acids is 1. The van der Waals surface area contributed by atoms with E-state index in [9.17, 15) is 9.59 Å². The Balaban J connectivity index is 1.57. The van der Waals surface area contributed by atoms with Crippen LogP contribution in [0.3, 0.4) is 0 Å². The third kappa shape index (κ3) is 3.05. The Kier molecular flexibility index (Phi) is 3.87. The van der Waals surface area contributed by atoms with E-state index in [0.717, 1.165) is 19.4 Å². The van der Waals surface area contributed by atoms with Crippen LogP contribution >= 0.6 is 0 Å². The molecule has 0 aromatic carbocycles. The summed E-state index contributed by atoms with van der Waals surface area (Å²) in [6.07, 6.45) is 3.68. The highest BCUT2D eigenvalue weighted by atomic mass is 16.5. The normalized spacial score (nSPS) is 28.7. The molecule has 1 aromatic heterocycles. The predicted molar refractivity (Wildman–Crippen MR) is 70.5 cm³/mol. The molecule has 3 N–H and O–H groups in total. The van der Waals surface area contributed by atoms with Crippen molar-refractivity contribution in [3.63, 3.8) is 0 Å². The van der Waals surface area contributed by atoms with Crippen molar-refractivity contribution in [3.05, 3.63) is 11.7 Å². The summed E-state index contributed by atoms with van der Waals surface area (Å²) in [6.45, 7) is 0.910. The van der Waals surface area contributed by atoms with Gasteiger partial charge < -0.3 is 20.3 Å². The van der Waals surface area contributed by atoms with E-state index in [4.69, 9.17) is 9.63 Å². The van der Waals surface area contributed by atoms with Crippen LogP contribution < -0.4 is 10.6 Å². The summed E-state index contributed by atoms with van der Waals surface area (Å²) in [6, 6.07) is -0.105. The minimum Gasteiger partial charge on any atom is -0.481 e. The Labute approximate surface area is 121 Å². The summed E-state index contributed by atoms with van der Waals surface area (Å²) in [4.78, 5) is 27.1. The van der Waals surface area contributed by atoms with Gasteiger partial charge in [-0.05, 0) is 38.6 Å². The zero-order chi connectivity index (χ0) is 14.8. The molecule has 2 heterocycles. The van der Waals surface area contributed by atoms with Crippen molar-refractivity contribution < 1.29 is 19.2 Å². The maximum Gasteiger partial charge on any atom is 0.306 e.